The highest BCUT2D eigenvalue weighted by molar-refractivity contribution is 5.90. The lowest BCUT2D eigenvalue weighted by atomic mass is 9.99. The van der Waals surface area contributed by atoms with Gasteiger partial charge in [-0.05, 0) is 49.5 Å². The Morgan fingerprint density at radius 1 is 1.00 bits per heavy atom. The Bertz CT molecular complexity index is 1250. The smallest absolute Gasteiger partial charge is 0.409 e. The van der Waals surface area contributed by atoms with Crippen LogP contribution in [-0.2, 0) is 18.9 Å². The molecule has 0 aliphatic rings. The third-order valence-corrected chi connectivity index (χ3v) is 5.88. The number of hydrogen-bond donors (Lipinski definition) is 0. The Kier molecular flexibility index (Phi) is 8.70. The van der Waals surface area contributed by atoms with Gasteiger partial charge in [-0.25, -0.2) is 9.18 Å². The molecule has 1 amide bonds. The first kappa shape index (κ1) is 29.0. The van der Waals surface area contributed by atoms with Crippen LogP contribution >= 0.6 is 0 Å². The monoisotopic (exact) mass is 546 g/mol. The third kappa shape index (κ3) is 6.82. The Labute approximate surface area is 214 Å². The normalized spacial score (nSPS) is 12.2. The summed E-state index contributed by atoms with van der Waals surface area (Å²) in [4.78, 5) is 15.6. The quantitative estimate of drug-likeness (QED) is 0.295. The first-order chi connectivity index (χ1) is 17.7. The maximum absolute atomic E-state index is 14.0. The molecule has 0 unspecified atom stereocenters. The summed E-state index contributed by atoms with van der Waals surface area (Å²) in [5.41, 5.74) is -3.97. The molecule has 0 aliphatic heterocycles. The number of amides is 1. The van der Waals surface area contributed by atoms with E-state index in [9.17, 15) is 35.5 Å². The van der Waals surface area contributed by atoms with Gasteiger partial charge in [0, 0.05) is 36.6 Å². The van der Waals surface area contributed by atoms with Crippen LogP contribution in [0, 0.1) is 5.82 Å². The molecule has 0 spiro atoms. The summed E-state index contributed by atoms with van der Waals surface area (Å²) in [6.45, 7) is 6.26. The van der Waals surface area contributed by atoms with Crippen LogP contribution < -0.4 is 9.64 Å². The van der Waals surface area contributed by atoms with E-state index < -0.39 is 46.7 Å². The van der Waals surface area contributed by atoms with Crippen LogP contribution in [0.5, 0.6) is 5.75 Å². The summed E-state index contributed by atoms with van der Waals surface area (Å²) in [7, 11) is 1.16. The van der Waals surface area contributed by atoms with Crippen molar-refractivity contribution >= 4 is 11.8 Å². The van der Waals surface area contributed by atoms with Gasteiger partial charge in [0.05, 0.1) is 23.9 Å². The molecule has 3 rings (SSSR count). The van der Waals surface area contributed by atoms with E-state index >= 15 is 0 Å². The standard InChI is InChI=1S/C25H25F7N4O2/c1-4-35(5-2)10-11-36-15-16(14-33-36)20-12-17(24(27,28)29)13-21(25(30,31)32)22(20)38-23(37)34(3)19-8-6-18(26)7-9-19/h6-9,12-15H,4-5,10-11H2,1-3H3. The maximum Gasteiger partial charge on any atom is 0.420 e. The van der Waals surface area contributed by atoms with Gasteiger partial charge in [0.25, 0.3) is 0 Å². The SMILES string of the molecule is CCN(CC)CCn1cc(-c2cc(C(F)(F)F)cc(C(F)(F)F)c2OC(=O)N(C)c2ccc(F)cc2)cn1. The van der Waals surface area contributed by atoms with E-state index in [1.165, 1.54) is 23.0 Å². The minimum Gasteiger partial charge on any atom is -0.409 e. The maximum atomic E-state index is 14.0. The Hall–Kier alpha value is -3.61. The van der Waals surface area contributed by atoms with Crippen LogP contribution in [0.1, 0.15) is 25.0 Å². The van der Waals surface area contributed by atoms with E-state index in [2.05, 4.69) is 10.00 Å². The number of nitrogens with zero attached hydrogens (tertiary/aromatic N) is 4. The number of aromatic nitrogens is 2. The second kappa shape index (κ2) is 11.4. The first-order valence-corrected chi connectivity index (χ1v) is 11.5. The zero-order chi connectivity index (χ0) is 28.3. The molecule has 206 valence electrons. The molecule has 13 heteroatoms. The van der Waals surface area contributed by atoms with Crippen LogP contribution in [0.3, 0.4) is 0 Å². The Morgan fingerprint density at radius 2 is 1.63 bits per heavy atom. The number of halogens is 7. The molecule has 3 aromatic rings. The highest BCUT2D eigenvalue weighted by Gasteiger charge is 2.41. The lowest BCUT2D eigenvalue weighted by Crippen LogP contribution is -2.30. The van der Waals surface area contributed by atoms with Crippen molar-refractivity contribution in [2.24, 2.45) is 0 Å². The van der Waals surface area contributed by atoms with Gasteiger partial charge in [-0.15, -0.1) is 0 Å². The lowest BCUT2D eigenvalue weighted by molar-refractivity contribution is -0.143. The van der Waals surface area contributed by atoms with Crippen molar-refractivity contribution in [2.45, 2.75) is 32.7 Å². The molecule has 2 aromatic carbocycles. The molecule has 0 fully saturated rings. The summed E-state index contributed by atoms with van der Waals surface area (Å²) in [6.07, 6.45) is -9.32. The van der Waals surface area contributed by atoms with Crippen molar-refractivity contribution in [3.05, 3.63) is 65.7 Å². The van der Waals surface area contributed by atoms with E-state index in [0.29, 0.717) is 19.2 Å². The number of alkyl halides is 6. The van der Waals surface area contributed by atoms with Crippen molar-refractivity contribution in [2.75, 3.05) is 31.6 Å². The summed E-state index contributed by atoms with van der Waals surface area (Å²) < 4.78 is 102. The van der Waals surface area contributed by atoms with Crippen molar-refractivity contribution in [3.63, 3.8) is 0 Å². The minimum absolute atomic E-state index is 0.0858. The number of ether oxygens (including phenoxy) is 1. The predicted octanol–water partition coefficient (Wildman–Crippen LogP) is 6.70. The summed E-state index contributed by atoms with van der Waals surface area (Å²) in [5.74, 6) is -1.72. The van der Waals surface area contributed by atoms with Gasteiger partial charge in [0.15, 0.2) is 5.75 Å². The zero-order valence-corrected chi connectivity index (χ0v) is 20.7. The van der Waals surface area contributed by atoms with E-state index in [4.69, 9.17) is 4.74 Å². The fourth-order valence-electron chi connectivity index (χ4n) is 3.66. The molecule has 0 bridgehead atoms. The number of hydrogen-bond acceptors (Lipinski definition) is 4. The molecule has 38 heavy (non-hydrogen) atoms. The fourth-order valence-corrected chi connectivity index (χ4v) is 3.66. The molecule has 0 saturated heterocycles. The largest absolute Gasteiger partial charge is 0.420 e. The van der Waals surface area contributed by atoms with Crippen molar-refractivity contribution in [1.82, 2.24) is 14.7 Å². The van der Waals surface area contributed by atoms with Crippen molar-refractivity contribution in [3.8, 4) is 16.9 Å². The molecule has 0 radical (unpaired) electrons. The van der Waals surface area contributed by atoms with Gasteiger partial charge in [-0.2, -0.15) is 31.4 Å². The zero-order valence-electron chi connectivity index (χ0n) is 20.7. The molecule has 1 aromatic heterocycles. The highest BCUT2D eigenvalue weighted by atomic mass is 19.4. The van der Waals surface area contributed by atoms with Crippen molar-refractivity contribution < 1.29 is 40.3 Å². The van der Waals surface area contributed by atoms with Gasteiger partial charge in [-0.1, -0.05) is 13.8 Å². The summed E-state index contributed by atoms with van der Waals surface area (Å²) in [5, 5.41) is 4.07. The number of benzene rings is 2. The molecule has 1 heterocycles. The second-order valence-electron chi connectivity index (χ2n) is 8.32. The van der Waals surface area contributed by atoms with E-state index in [-0.39, 0.29) is 17.3 Å². The van der Waals surface area contributed by atoms with E-state index in [1.54, 1.807) is 0 Å². The molecule has 0 N–H and O–H groups in total. The number of likely N-dealkylation sites (N-methyl/N-ethyl adjacent to an activating group) is 1. The number of anilines is 1. The molecule has 0 saturated carbocycles. The van der Waals surface area contributed by atoms with Crippen molar-refractivity contribution in [1.29, 1.82) is 0 Å². The predicted molar refractivity (Wildman–Crippen MR) is 126 cm³/mol. The Morgan fingerprint density at radius 3 is 2.18 bits per heavy atom. The molecule has 6 nitrogen and oxygen atoms in total. The second-order valence-corrected chi connectivity index (χ2v) is 8.32. The molecule has 0 atom stereocenters. The summed E-state index contributed by atoms with van der Waals surface area (Å²) in [6, 6.07) is 4.81. The van der Waals surface area contributed by atoms with Crippen LogP contribution in [0.25, 0.3) is 11.1 Å². The first-order valence-electron chi connectivity index (χ1n) is 11.5. The van der Waals surface area contributed by atoms with E-state index in [1.807, 2.05) is 13.8 Å². The van der Waals surface area contributed by atoms with Gasteiger partial charge in [0.2, 0.25) is 0 Å². The fraction of sp³-hybridized carbons (Fsp3) is 0.360. The minimum atomic E-state index is -5.29. The summed E-state index contributed by atoms with van der Waals surface area (Å²) >= 11 is 0. The van der Waals surface area contributed by atoms with Crippen LogP contribution in [0.15, 0.2) is 48.8 Å². The lowest BCUT2D eigenvalue weighted by Gasteiger charge is -2.22. The highest BCUT2D eigenvalue weighted by Crippen LogP contribution is 2.46. The van der Waals surface area contributed by atoms with E-state index in [0.717, 1.165) is 43.4 Å². The molecule has 0 aliphatic carbocycles. The van der Waals surface area contributed by atoms with Gasteiger partial charge >= 0.3 is 18.4 Å². The van der Waals surface area contributed by atoms with Gasteiger partial charge < -0.3 is 9.64 Å². The van der Waals surface area contributed by atoms with Crippen LogP contribution in [0.2, 0.25) is 0 Å². The number of rotatable bonds is 8. The van der Waals surface area contributed by atoms with Crippen LogP contribution in [-0.4, -0.2) is 47.5 Å². The number of carbonyl (C=O) groups is 1. The van der Waals surface area contributed by atoms with Gasteiger partial charge in [0.1, 0.15) is 5.82 Å². The topological polar surface area (TPSA) is 50.6 Å². The Balaban J connectivity index is 2.09. The van der Waals surface area contributed by atoms with Gasteiger partial charge in [-0.3, -0.25) is 9.58 Å². The van der Waals surface area contributed by atoms with Crippen LogP contribution in [0.4, 0.5) is 41.2 Å². The third-order valence-electron chi connectivity index (χ3n) is 5.88. The number of carbonyl (C=O) groups excluding carboxylic acids is 1. The average Bonchev–Trinajstić information content (AvgIpc) is 3.32. The molecular formula is C25H25F7N4O2. The molecular weight excluding hydrogens is 521 g/mol. The average molecular weight is 546 g/mol.